The molecule has 1 aromatic heterocycles. The third-order valence-corrected chi connectivity index (χ3v) is 5.62. The molecule has 0 spiro atoms. The van der Waals surface area contributed by atoms with Crippen LogP contribution >= 0.6 is 11.6 Å². The van der Waals surface area contributed by atoms with E-state index >= 15 is 0 Å². The van der Waals surface area contributed by atoms with Gasteiger partial charge in [0.25, 0.3) is 0 Å². The highest BCUT2D eigenvalue weighted by molar-refractivity contribution is 6.32. The minimum atomic E-state index is 0.287. The van der Waals surface area contributed by atoms with Crippen LogP contribution in [0.15, 0.2) is 0 Å². The molecule has 2 bridgehead atoms. The molecule has 3 atom stereocenters. The van der Waals surface area contributed by atoms with E-state index in [1.54, 1.807) is 0 Å². The number of aromatic nitrogens is 2. The Morgan fingerprint density at radius 3 is 2.70 bits per heavy atom. The summed E-state index contributed by atoms with van der Waals surface area (Å²) in [5.74, 6) is 2.13. The van der Waals surface area contributed by atoms with Crippen LogP contribution in [0.4, 0.5) is 0 Å². The molecule has 2 aliphatic rings. The highest BCUT2D eigenvalue weighted by Gasteiger charge is 2.42. The molecule has 2 fully saturated rings. The molecule has 0 aromatic carbocycles. The van der Waals surface area contributed by atoms with Crippen LogP contribution in [-0.4, -0.2) is 15.6 Å². The Kier molecular flexibility index (Phi) is 3.89. The molecule has 110 valence electrons. The molecular formula is C16H23ClN2O. The second-order valence-electron chi connectivity index (χ2n) is 6.30. The summed E-state index contributed by atoms with van der Waals surface area (Å²) >= 11 is 6.40. The fourth-order valence-corrected chi connectivity index (χ4v) is 4.46. The van der Waals surface area contributed by atoms with Crippen molar-refractivity contribution in [3.63, 3.8) is 0 Å². The van der Waals surface area contributed by atoms with E-state index in [-0.39, 0.29) is 5.92 Å². The van der Waals surface area contributed by atoms with Crippen molar-refractivity contribution in [2.75, 3.05) is 0 Å². The minimum Gasteiger partial charge on any atom is -0.299 e. The fraction of sp³-hybridized carbons (Fsp3) is 0.750. The van der Waals surface area contributed by atoms with Gasteiger partial charge in [-0.3, -0.25) is 9.48 Å². The van der Waals surface area contributed by atoms with Gasteiger partial charge in [0.05, 0.1) is 22.8 Å². The van der Waals surface area contributed by atoms with E-state index in [1.807, 2.05) is 11.6 Å². The number of hydrogen-bond donors (Lipinski definition) is 0. The van der Waals surface area contributed by atoms with Crippen LogP contribution in [0, 0.1) is 17.8 Å². The molecule has 0 aliphatic heterocycles. The zero-order valence-corrected chi connectivity index (χ0v) is 13.1. The lowest BCUT2D eigenvalue weighted by Crippen LogP contribution is -2.23. The van der Waals surface area contributed by atoms with Gasteiger partial charge in [0.2, 0.25) is 0 Å². The number of halogens is 1. The highest BCUT2D eigenvalue weighted by Crippen LogP contribution is 2.49. The van der Waals surface area contributed by atoms with Crippen molar-refractivity contribution >= 4 is 17.4 Å². The Hall–Kier alpha value is -0.830. The van der Waals surface area contributed by atoms with Crippen LogP contribution < -0.4 is 0 Å². The number of hydrogen-bond acceptors (Lipinski definition) is 2. The van der Waals surface area contributed by atoms with Gasteiger partial charge in [0, 0.05) is 12.5 Å². The zero-order valence-electron chi connectivity index (χ0n) is 12.4. The maximum atomic E-state index is 12.6. The van der Waals surface area contributed by atoms with E-state index in [0.29, 0.717) is 23.1 Å². The molecule has 2 saturated carbocycles. The SMILES string of the molecule is CCc1nn(CC)c(CC(=O)C2CC3CCC2C3)c1Cl. The molecule has 0 N–H and O–H groups in total. The second-order valence-corrected chi connectivity index (χ2v) is 6.68. The summed E-state index contributed by atoms with van der Waals surface area (Å²) in [7, 11) is 0. The van der Waals surface area contributed by atoms with Gasteiger partial charge >= 0.3 is 0 Å². The lowest BCUT2D eigenvalue weighted by Gasteiger charge is -2.20. The number of fused-ring (bicyclic) bond motifs is 2. The summed E-state index contributed by atoms with van der Waals surface area (Å²) < 4.78 is 1.91. The number of carbonyl (C=O) groups excluding carboxylic acids is 1. The summed E-state index contributed by atoms with van der Waals surface area (Å²) in [6.07, 6.45) is 6.26. The zero-order chi connectivity index (χ0) is 14.3. The number of aryl methyl sites for hydroxylation is 2. The summed E-state index contributed by atoms with van der Waals surface area (Å²) in [6, 6.07) is 0. The van der Waals surface area contributed by atoms with Crippen molar-refractivity contribution in [1.29, 1.82) is 0 Å². The van der Waals surface area contributed by atoms with E-state index in [0.717, 1.165) is 36.7 Å². The Morgan fingerprint density at radius 2 is 2.15 bits per heavy atom. The van der Waals surface area contributed by atoms with Crippen LogP contribution in [0.2, 0.25) is 5.02 Å². The monoisotopic (exact) mass is 294 g/mol. The number of rotatable bonds is 5. The van der Waals surface area contributed by atoms with Crippen LogP contribution in [0.3, 0.4) is 0 Å². The molecule has 0 amide bonds. The fourth-order valence-electron chi connectivity index (χ4n) is 4.12. The predicted molar refractivity (Wildman–Crippen MR) is 79.9 cm³/mol. The van der Waals surface area contributed by atoms with Crippen LogP contribution in [0.1, 0.15) is 50.9 Å². The van der Waals surface area contributed by atoms with Gasteiger partial charge in [-0.25, -0.2) is 0 Å². The molecule has 3 rings (SSSR count). The lowest BCUT2D eigenvalue weighted by atomic mass is 9.84. The van der Waals surface area contributed by atoms with Gasteiger partial charge in [-0.05, 0) is 44.4 Å². The first-order valence-corrected chi connectivity index (χ1v) is 8.28. The highest BCUT2D eigenvalue weighted by atomic mass is 35.5. The first-order chi connectivity index (χ1) is 9.63. The van der Waals surface area contributed by atoms with Gasteiger partial charge in [-0.1, -0.05) is 24.9 Å². The number of carbonyl (C=O) groups is 1. The van der Waals surface area contributed by atoms with Crippen molar-refractivity contribution in [3.05, 3.63) is 16.4 Å². The molecule has 20 heavy (non-hydrogen) atoms. The van der Waals surface area contributed by atoms with Gasteiger partial charge in [-0.15, -0.1) is 0 Å². The van der Waals surface area contributed by atoms with Crippen molar-refractivity contribution in [2.24, 2.45) is 17.8 Å². The Labute approximate surface area is 125 Å². The number of Topliss-reactive ketones (excluding diaryl/α,β-unsaturated/α-hetero) is 1. The third-order valence-electron chi connectivity index (χ3n) is 5.19. The standard InChI is InChI=1S/C16H23ClN2O/c1-3-13-16(17)14(19(4-2)18-13)9-15(20)12-8-10-5-6-11(12)7-10/h10-12H,3-9H2,1-2H3. The molecule has 2 aliphatic carbocycles. The summed E-state index contributed by atoms with van der Waals surface area (Å²) in [5.41, 5.74) is 1.85. The molecule has 3 unspecified atom stereocenters. The van der Waals surface area contributed by atoms with Gasteiger partial charge in [0.15, 0.2) is 0 Å². The smallest absolute Gasteiger partial charge is 0.142 e. The number of nitrogens with zero attached hydrogens (tertiary/aromatic N) is 2. The topological polar surface area (TPSA) is 34.9 Å². The van der Waals surface area contributed by atoms with Crippen LogP contribution in [0.5, 0.6) is 0 Å². The largest absolute Gasteiger partial charge is 0.299 e. The average Bonchev–Trinajstić information content (AvgIpc) is 3.14. The van der Waals surface area contributed by atoms with Crippen molar-refractivity contribution in [2.45, 2.75) is 58.9 Å². The molecular weight excluding hydrogens is 272 g/mol. The van der Waals surface area contributed by atoms with E-state index in [4.69, 9.17) is 11.6 Å². The Morgan fingerprint density at radius 1 is 1.35 bits per heavy atom. The third kappa shape index (κ3) is 2.30. The Bertz CT molecular complexity index is 523. The summed E-state index contributed by atoms with van der Waals surface area (Å²) in [5, 5.41) is 5.22. The first kappa shape index (κ1) is 14.1. The Balaban J connectivity index is 1.77. The lowest BCUT2D eigenvalue weighted by molar-refractivity contribution is -0.123. The summed E-state index contributed by atoms with van der Waals surface area (Å²) in [6.45, 7) is 4.88. The predicted octanol–water partition coefficient (Wildman–Crippen LogP) is 3.67. The minimum absolute atomic E-state index is 0.287. The first-order valence-electron chi connectivity index (χ1n) is 7.90. The molecule has 0 saturated heterocycles. The maximum Gasteiger partial charge on any atom is 0.142 e. The van der Waals surface area contributed by atoms with E-state index in [1.165, 1.54) is 19.3 Å². The van der Waals surface area contributed by atoms with Crippen LogP contribution in [0.25, 0.3) is 0 Å². The van der Waals surface area contributed by atoms with Gasteiger partial charge in [0.1, 0.15) is 5.78 Å². The second kappa shape index (κ2) is 5.51. The molecule has 4 heteroatoms. The van der Waals surface area contributed by atoms with E-state index in [2.05, 4.69) is 12.0 Å². The van der Waals surface area contributed by atoms with E-state index < -0.39 is 0 Å². The molecule has 3 nitrogen and oxygen atoms in total. The normalized spacial score (nSPS) is 28.2. The van der Waals surface area contributed by atoms with E-state index in [9.17, 15) is 4.79 Å². The molecule has 1 aromatic rings. The molecule has 1 heterocycles. The van der Waals surface area contributed by atoms with Gasteiger partial charge in [-0.2, -0.15) is 5.10 Å². The quantitative estimate of drug-likeness (QED) is 0.830. The molecule has 0 radical (unpaired) electrons. The number of ketones is 1. The van der Waals surface area contributed by atoms with Crippen molar-refractivity contribution in [3.8, 4) is 0 Å². The summed E-state index contributed by atoms with van der Waals surface area (Å²) in [4.78, 5) is 12.6. The van der Waals surface area contributed by atoms with Crippen molar-refractivity contribution in [1.82, 2.24) is 9.78 Å². The van der Waals surface area contributed by atoms with Gasteiger partial charge < -0.3 is 0 Å². The van der Waals surface area contributed by atoms with Crippen molar-refractivity contribution < 1.29 is 4.79 Å². The maximum absolute atomic E-state index is 12.6. The average molecular weight is 295 g/mol. The van der Waals surface area contributed by atoms with Crippen LogP contribution in [-0.2, 0) is 24.2 Å².